The van der Waals surface area contributed by atoms with Crippen LogP contribution in [-0.4, -0.2) is 148 Å². The first-order valence-corrected chi connectivity index (χ1v) is 25.2. The Hall–Kier alpha value is -3.19. The average Bonchev–Trinajstić information content (AvgIpc) is 3.87. The van der Waals surface area contributed by atoms with Crippen LogP contribution in [0.25, 0.3) is 0 Å². The van der Waals surface area contributed by atoms with Gasteiger partial charge >= 0.3 is 12.1 Å². The number of ketones is 1. The van der Waals surface area contributed by atoms with E-state index in [2.05, 4.69) is 42.6 Å². The van der Waals surface area contributed by atoms with Crippen LogP contribution in [0.4, 0.5) is 16.2 Å². The summed E-state index contributed by atoms with van der Waals surface area (Å²) in [6.45, 7) is 13.4. The minimum atomic E-state index is -0.976. The highest BCUT2D eigenvalue weighted by molar-refractivity contribution is 5.99. The fourth-order valence-corrected chi connectivity index (χ4v) is 12.5. The summed E-state index contributed by atoms with van der Waals surface area (Å²) in [6.07, 6.45) is 2.07. The molecule has 3 aliphatic carbocycles. The van der Waals surface area contributed by atoms with Crippen LogP contribution >= 0.6 is 0 Å². The molecule has 3 saturated heterocycles. The molecular weight excluding hydrogens is 875 g/mol. The highest BCUT2D eigenvalue weighted by Crippen LogP contribution is 2.57. The van der Waals surface area contributed by atoms with Crippen LogP contribution in [0.15, 0.2) is 35.9 Å². The molecule has 0 spiro atoms. The summed E-state index contributed by atoms with van der Waals surface area (Å²) in [7, 11) is 9.00. The Balaban J connectivity index is 1.20. The average molecular weight is 956 g/mol. The van der Waals surface area contributed by atoms with Crippen LogP contribution in [0.3, 0.4) is 0 Å². The van der Waals surface area contributed by atoms with Gasteiger partial charge in [0.25, 0.3) is 0 Å². The second-order valence-corrected chi connectivity index (χ2v) is 21.5. The molecule has 16 heteroatoms. The third-order valence-electron chi connectivity index (χ3n) is 15.8. The van der Waals surface area contributed by atoms with Crippen molar-refractivity contribution in [3.8, 4) is 0 Å². The Bertz CT molecular complexity index is 1890. The molecule has 7 rings (SSSR count). The van der Waals surface area contributed by atoms with Gasteiger partial charge in [0.05, 0.1) is 43.0 Å². The minimum absolute atomic E-state index is 0.0306. The van der Waals surface area contributed by atoms with E-state index in [-0.39, 0.29) is 72.5 Å². The van der Waals surface area contributed by atoms with Gasteiger partial charge in [-0.25, -0.2) is 4.79 Å². The van der Waals surface area contributed by atoms with E-state index >= 15 is 4.79 Å². The minimum Gasteiger partial charge on any atom is -0.462 e. The number of ether oxygens (including phenoxy) is 9. The number of nitrogens with zero attached hydrogens (tertiary/aromatic N) is 1. The fraction of sp³-hybridized carbons (Fsp3) is 0.788. The molecular formula is C52H81N3O13. The number of aliphatic hydroxyl groups is 1. The number of aliphatic hydroxyl groups excluding tert-OH is 1. The number of benzene rings is 1. The maximum atomic E-state index is 15.2. The Labute approximate surface area is 404 Å². The van der Waals surface area contributed by atoms with Gasteiger partial charge in [-0.2, -0.15) is 0 Å². The molecule has 1 aromatic rings. The quantitative estimate of drug-likeness (QED) is 0.180. The van der Waals surface area contributed by atoms with E-state index in [0.717, 1.165) is 24.9 Å². The van der Waals surface area contributed by atoms with Crippen molar-refractivity contribution in [3.05, 3.63) is 35.9 Å². The van der Waals surface area contributed by atoms with Gasteiger partial charge < -0.3 is 58.0 Å². The zero-order chi connectivity index (χ0) is 49.2. The van der Waals surface area contributed by atoms with Gasteiger partial charge in [0, 0.05) is 56.5 Å². The summed E-state index contributed by atoms with van der Waals surface area (Å²) < 4.78 is 55.8. The number of hydrogen-bond donors (Lipinski definition) is 3. The van der Waals surface area contributed by atoms with Gasteiger partial charge in [0.15, 0.2) is 18.4 Å². The lowest BCUT2D eigenvalue weighted by Gasteiger charge is -2.47. The van der Waals surface area contributed by atoms with Crippen molar-refractivity contribution in [1.29, 1.82) is 0 Å². The zero-order valence-corrected chi connectivity index (χ0v) is 42.5. The first-order chi connectivity index (χ1) is 32.3. The lowest BCUT2D eigenvalue weighted by Crippen LogP contribution is -2.59. The maximum Gasteiger partial charge on any atom is 0.412 e. The van der Waals surface area contributed by atoms with Gasteiger partial charge in [-0.3, -0.25) is 14.9 Å². The molecule has 1 amide bonds. The van der Waals surface area contributed by atoms with Crippen LogP contribution in [0.2, 0.25) is 0 Å². The van der Waals surface area contributed by atoms with E-state index in [0.29, 0.717) is 43.4 Å². The number of anilines is 2. The molecule has 3 heterocycles. The molecule has 3 aliphatic heterocycles. The number of esters is 1. The zero-order valence-electron chi connectivity index (χ0n) is 42.5. The Kier molecular flexibility index (Phi) is 17.4. The molecule has 0 radical (unpaired) electrons. The number of fused-ring (bicyclic) bond motifs is 5. The number of hydrogen-bond acceptors (Lipinski definition) is 15. The first kappa shape index (κ1) is 52.6. The van der Waals surface area contributed by atoms with Gasteiger partial charge in [0.2, 0.25) is 0 Å². The van der Waals surface area contributed by atoms with Crippen LogP contribution < -0.4 is 10.6 Å². The number of allylic oxidation sites excluding steroid dienone is 2. The van der Waals surface area contributed by atoms with E-state index in [1.54, 1.807) is 33.5 Å². The summed E-state index contributed by atoms with van der Waals surface area (Å²) in [5.74, 6) is -2.43. The summed E-state index contributed by atoms with van der Waals surface area (Å²) in [4.78, 5) is 44.0. The van der Waals surface area contributed by atoms with Crippen molar-refractivity contribution in [2.24, 2.45) is 35.5 Å². The highest BCUT2D eigenvalue weighted by Gasteiger charge is 2.60. The van der Waals surface area contributed by atoms with E-state index in [4.69, 9.17) is 42.6 Å². The normalized spacial score (nSPS) is 40.2. The SMILES string of the molecule is CC[C@H]1CCC[C@H](O[C@H]2CC[C@H](N(C)C)C(C)O2)[C@@H](C)C(=O)C2=C[C@H]3[C@@H]4C[C@H](O[C@@H]5OC(C)[C@H](OC)C(OC)C5OC)C[C@H]4[C@H](Nc4ccc(NC(=O)OC(C)(C)C)cc4)[C@@H](O)[C@H]3[C@@H]2CC(=O)O1. The summed E-state index contributed by atoms with van der Waals surface area (Å²) in [5, 5.41) is 19.4. The van der Waals surface area contributed by atoms with Crippen LogP contribution in [0.1, 0.15) is 106 Å². The Morgan fingerprint density at radius 3 is 2.16 bits per heavy atom. The summed E-state index contributed by atoms with van der Waals surface area (Å²) in [6, 6.07) is 7.07. The van der Waals surface area contributed by atoms with Crippen molar-refractivity contribution in [2.45, 2.75) is 191 Å². The number of rotatable bonds is 12. The molecule has 19 atom stereocenters. The van der Waals surface area contributed by atoms with Gasteiger partial charge in [0.1, 0.15) is 30.0 Å². The molecule has 0 aromatic heterocycles. The van der Waals surface area contributed by atoms with E-state index in [1.807, 2.05) is 53.7 Å². The van der Waals surface area contributed by atoms with Crippen molar-refractivity contribution < 1.29 is 62.1 Å². The number of nitrogens with one attached hydrogen (secondary N) is 2. The van der Waals surface area contributed by atoms with E-state index in [9.17, 15) is 14.7 Å². The molecule has 2 saturated carbocycles. The molecule has 5 fully saturated rings. The molecule has 1 aromatic carbocycles. The number of methoxy groups -OCH3 is 3. The largest absolute Gasteiger partial charge is 0.462 e. The number of carbonyl (C=O) groups is 3. The molecule has 16 nitrogen and oxygen atoms in total. The van der Waals surface area contributed by atoms with Crippen LogP contribution in [-0.2, 0) is 52.2 Å². The molecule has 6 aliphatic rings. The van der Waals surface area contributed by atoms with Crippen molar-refractivity contribution >= 4 is 29.2 Å². The smallest absolute Gasteiger partial charge is 0.412 e. The number of cyclic esters (lactones) is 1. The molecule has 3 N–H and O–H groups in total. The topological polar surface area (TPSA) is 182 Å². The number of Topliss-reactive ketones (excluding diaryl/α,β-unsaturated/α-hetero) is 1. The summed E-state index contributed by atoms with van der Waals surface area (Å²) >= 11 is 0. The number of likely N-dealkylation sites (N-methyl/N-ethyl adjacent to an activating group) is 1. The second-order valence-electron chi connectivity index (χ2n) is 21.5. The van der Waals surface area contributed by atoms with Gasteiger partial charge in [-0.05, 0) is 148 Å². The Morgan fingerprint density at radius 1 is 0.853 bits per heavy atom. The monoisotopic (exact) mass is 956 g/mol. The molecule has 382 valence electrons. The summed E-state index contributed by atoms with van der Waals surface area (Å²) in [5.41, 5.74) is 1.20. The van der Waals surface area contributed by atoms with Crippen molar-refractivity contribution in [2.75, 3.05) is 46.1 Å². The van der Waals surface area contributed by atoms with E-state index < -0.39 is 72.5 Å². The van der Waals surface area contributed by atoms with Crippen molar-refractivity contribution in [1.82, 2.24) is 4.90 Å². The highest BCUT2D eigenvalue weighted by atomic mass is 16.7. The predicted octanol–water partition coefficient (Wildman–Crippen LogP) is 7.12. The number of amides is 1. The lowest BCUT2D eigenvalue weighted by molar-refractivity contribution is -0.314. The fourth-order valence-electron chi connectivity index (χ4n) is 12.5. The van der Waals surface area contributed by atoms with Gasteiger partial charge in [-0.1, -0.05) is 19.9 Å². The first-order valence-electron chi connectivity index (χ1n) is 25.2. The molecule has 4 unspecified atom stereocenters. The van der Waals surface area contributed by atoms with Crippen LogP contribution in [0.5, 0.6) is 0 Å². The third-order valence-corrected chi connectivity index (χ3v) is 15.8. The maximum absolute atomic E-state index is 15.2. The molecule has 0 bridgehead atoms. The van der Waals surface area contributed by atoms with Crippen molar-refractivity contribution in [3.63, 3.8) is 0 Å². The predicted molar refractivity (Wildman–Crippen MR) is 255 cm³/mol. The Morgan fingerprint density at radius 2 is 1.53 bits per heavy atom. The molecule has 68 heavy (non-hydrogen) atoms. The number of carbonyl (C=O) groups excluding carboxylic acids is 3. The third kappa shape index (κ3) is 11.8. The second kappa shape index (κ2) is 22.5. The van der Waals surface area contributed by atoms with Gasteiger partial charge in [-0.15, -0.1) is 0 Å². The lowest BCUT2D eigenvalue weighted by atomic mass is 9.62. The van der Waals surface area contributed by atoms with Crippen LogP contribution in [0, 0.1) is 35.5 Å². The van der Waals surface area contributed by atoms with E-state index in [1.165, 1.54) is 0 Å². The standard InChI is InChI=1S/C52H81N3O13/c1-13-32-15-14-16-40(67-42-22-21-39(55(8)9)28(3)63-42)27(2)45(57)38-25-35-34-23-33(66-50-49(62-12)48(61-11)47(60-10)29(4)64-50)24-37(34)44(46(58)43(35)36(38)26-41(56)65-32)53-30-17-19-31(20-18-30)54-51(59)68-52(5,6)7/h17-20,25,27-29,32-37,39-40,42-44,46-50,53,58H,13-16,21-24,26H2,1-12H3,(H,54,59)/t27-,28?,29?,32+,33+,34+,35+,36-,37-,39+,40+,42+,43-,44+,46+,47+,48?,49?,50+/m1/s1.